The Bertz CT molecular complexity index is 384. The zero-order valence-electron chi connectivity index (χ0n) is 10.6. The third-order valence-electron chi connectivity index (χ3n) is 2.16. The van der Waals surface area contributed by atoms with Crippen LogP contribution in [0.25, 0.3) is 0 Å². The molecule has 1 aromatic rings. The second-order valence-corrected chi connectivity index (χ2v) is 5.39. The Labute approximate surface area is 106 Å². The number of carbonyl (C=O) groups excluding carboxylic acids is 1. The van der Waals surface area contributed by atoms with Crippen molar-refractivity contribution in [3.8, 4) is 0 Å². The average molecular weight is 254 g/mol. The molecule has 0 saturated heterocycles. The van der Waals surface area contributed by atoms with Crippen molar-refractivity contribution < 1.29 is 9.90 Å². The summed E-state index contributed by atoms with van der Waals surface area (Å²) in [5.41, 5.74) is -0.355. The summed E-state index contributed by atoms with van der Waals surface area (Å²) in [6.07, 6.45) is 3.50. The molecule has 1 amide bonds. The molecule has 94 valence electrons. The van der Waals surface area contributed by atoms with Crippen LogP contribution in [0.3, 0.4) is 0 Å². The first-order valence-corrected chi connectivity index (χ1v) is 6.54. The fourth-order valence-electron chi connectivity index (χ4n) is 1.50. The minimum Gasteiger partial charge on any atom is -0.389 e. The number of hydrogen-bond acceptors (Lipinski definition) is 4. The van der Waals surface area contributed by atoms with Crippen molar-refractivity contribution in [3.05, 3.63) is 23.9 Å². The highest BCUT2D eigenvalue weighted by atomic mass is 32.2. The van der Waals surface area contributed by atoms with E-state index in [0.29, 0.717) is 5.56 Å². The van der Waals surface area contributed by atoms with Gasteiger partial charge in [0.05, 0.1) is 16.2 Å². The summed E-state index contributed by atoms with van der Waals surface area (Å²) in [4.78, 5) is 17.6. The smallest absolute Gasteiger partial charge is 0.255 e. The summed E-state index contributed by atoms with van der Waals surface area (Å²) < 4.78 is 0. The maximum Gasteiger partial charge on any atom is 0.255 e. The number of thioether (sulfide) groups is 1. The molecule has 0 radical (unpaired) electrons. The maximum atomic E-state index is 12.0. The van der Waals surface area contributed by atoms with Gasteiger partial charge in [-0.15, -0.1) is 11.8 Å². The molecule has 0 aromatic carbocycles. The van der Waals surface area contributed by atoms with E-state index in [4.69, 9.17) is 0 Å². The van der Waals surface area contributed by atoms with Gasteiger partial charge in [-0.2, -0.15) is 0 Å². The average Bonchev–Trinajstić information content (AvgIpc) is 2.26. The second-order valence-electron chi connectivity index (χ2n) is 4.56. The van der Waals surface area contributed by atoms with E-state index < -0.39 is 5.60 Å². The minimum absolute atomic E-state index is 0.132. The first-order chi connectivity index (χ1) is 7.83. The van der Waals surface area contributed by atoms with E-state index in [2.05, 4.69) is 4.98 Å². The predicted molar refractivity (Wildman–Crippen MR) is 69.3 cm³/mol. The number of rotatable bonds is 4. The SMILES string of the molecule is CSc1ccc(C(=O)N(C)CC(C)(C)O)cn1. The first kappa shape index (κ1) is 14.0. The van der Waals surface area contributed by atoms with Crippen molar-refractivity contribution in [2.45, 2.75) is 24.5 Å². The van der Waals surface area contributed by atoms with E-state index in [-0.39, 0.29) is 12.5 Å². The summed E-state index contributed by atoms with van der Waals surface area (Å²) >= 11 is 1.53. The Balaban J connectivity index is 2.75. The Morgan fingerprint density at radius 3 is 2.59 bits per heavy atom. The van der Waals surface area contributed by atoms with Crippen LogP contribution in [0.15, 0.2) is 23.4 Å². The zero-order chi connectivity index (χ0) is 13.1. The summed E-state index contributed by atoms with van der Waals surface area (Å²) in [5.74, 6) is -0.132. The molecule has 0 fully saturated rings. The highest BCUT2D eigenvalue weighted by Gasteiger charge is 2.20. The molecule has 5 heteroatoms. The van der Waals surface area contributed by atoms with Gasteiger partial charge in [-0.05, 0) is 32.2 Å². The minimum atomic E-state index is -0.892. The quantitative estimate of drug-likeness (QED) is 0.830. The molecular weight excluding hydrogens is 236 g/mol. The van der Waals surface area contributed by atoms with E-state index in [1.165, 1.54) is 16.7 Å². The predicted octanol–water partition coefficient (Wildman–Crippen LogP) is 1.65. The summed E-state index contributed by atoms with van der Waals surface area (Å²) in [6.45, 7) is 3.63. The van der Waals surface area contributed by atoms with E-state index >= 15 is 0 Å². The molecule has 0 saturated carbocycles. The third-order valence-corrected chi connectivity index (χ3v) is 2.82. The number of aliphatic hydroxyl groups is 1. The molecular formula is C12H18N2O2S. The second kappa shape index (κ2) is 5.51. The standard InChI is InChI=1S/C12H18N2O2S/c1-12(2,16)8-14(3)11(15)9-5-6-10(17-4)13-7-9/h5-7,16H,8H2,1-4H3. The third kappa shape index (κ3) is 4.36. The molecule has 1 heterocycles. The molecule has 1 aromatic heterocycles. The van der Waals surface area contributed by atoms with Crippen molar-refractivity contribution in [2.75, 3.05) is 19.8 Å². The molecule has 1 rings (SSSR count). The first-order valence-electron chi connectivity index (χ1n) is 5.31. The molecule has 0 aliphatic heterocycles. The molecule has 17 heavy (non-hydrogen) atoms. The Kier molecular flexibility index (Phi) is 4.54. The van der Waals surface area contributed by atoms with E-state index in [0.717, 1.165) is 5.03 Å². The van der Waals surface area contributed by atoms with Crippen LogP contribution in [0, 0.1) is 0 Å². The number of nitrogens with zero attached hydrogens (tertiary/aromatic N) is 2. The topological polar surface area (TPSA) is 53.4 Å². The van der Waals surface area contributed by atoms with Gasteiger partial charge in [0.15, 0.2) is 0 Å². The molecule has 0 unspecified atom stereocenters. The van der Waals surface area contributed by atoms with Gasteiger partial charge in [-0.1, -0.05) is 0 Å². The van der Waals surface area contributed by atoms with Crippen molar-refractivity contribution in [2.24, 2.45) is 0 Å². The Hall–Kier alpha value is -1.07. The lowest BCUT2D eigenvalue weighted by Gasteiger charge is -2.25. The van der Waals surface area contributed by atoms with Crippen LogP contribution >= 0.6 is 11.8 Å². The lowest BCUT2D eigenvalue weighted by Crippen LogP contribution is -2.39. The number of aromatic nitrogens is 1. The van der Waals surface area contributed by atoms with Gasteiger partial charge < -0.3 is 10.0 Å². The molecule has 1 N–H and O–H groups in total. The van der Waals surface area contributed by atoms with Gasteiger partial charge in [-0.25, -0.2) is 4.98 Å². The van der Waals surface area contributed by atoms with Crippen LogP contribution in [-0.2, 0) is 0 Å². The number of amides is 1. The highest BCUT2D eigenvalue weighted by molar-refractivity contribution is 7.98. The van der Waals surface area contributed by atoms with Crippen molar-refractivity contribution in [3.63, 3.8) is 0 Å². The van der Waals surface area contributed by atoms with Gasteiger partial charge in [0.25, 0.3) is 5.91 Å². The van der Waals surface area contributed by atoms with E-state index in [1.807, 2.05) is 12.3 Å². The summed E-state index contributed by atoms with van der Waals surface area (Å²) in [5, 5.41) is 10.5. The number of pyridine rings is 1. The number of hydrogen-bond donors (Lipinski definition) is 1. The highest BCUT2D eigenvalue weighted by Crippen LogP contribution is 2.13. The number of likely N-dealkylation sites (N-methyl/N-ethyl adjacent to an activating group) is 1. The van der Waals surface area contributed by atoms with Gasteiger partial charge in [-0.3, -0.25) is 4.79 Å². The lowest BCUT2D eigenvalue weighted by atomic mass is 10.1. The molecule has 0 aliphatic carbocycles. The van der Waals surface area contributed by atoms with Crippen molar-refractivity contribution in [1.29, 1.82) is 0 Å². The van der Waals surface area contributed by atoms with Crippen LogP contribution < -0.4 is 0 Å². The molecule has 4 nitrogen and oxygen atoms in total. The van der Waals surface area contributed by atoms with Crippen LogP contribution in [0.4, 0.5) is 0 Å². The number of carbonyl (C=O) groups is 1. The molecule has 0 bridgehead atoms. The normalized spacial score (nSPS) is 11.4. The van der Waals surface area contributed by atoms with Crippen LogP contribution in [-0.4, -0.2) is 46.3 Å². The van der Waals surface area contributed by atoms with Gasteiger partial charge >= 0.3 is 0 Å². The van der Waals surface area contributed by atoms with Gasteiger partial charge in [0, 0.05) is 19.8 Å². The summed E-state index contributed by atoms with van der Waals surface area (Å²) in [6, 6.07) is 3.57. The van der Waals surface area contributed by atoms with Crippen molar-refractivity contribution >= 4 is 17.7 Å². The van der Waals surface area contributed by atoms with E-state index in [9.17, 15) is 9.90 Å². The fraction of sp³-hybridized carbons (Fsp3) is 0.500. The molecule has 0 spiro atoms. The van der Waals surface area contributed by atoms with E-state index in [1.54, 1.807) is 33.2 Å². The lowest BCUT2D eigenvalue weighted by molar-refractivity contribution is 0.0367. The largest absolute Gasteiger partial charge is 0.389 e. The monoisotopic (exact) mass is 254 g/mol. The molecule has 0 atom stereocenters. The van der Waals surface area contributed by atoms with Crippen LogP contribution in [0.1, 0.15) is 24.2 Å². The maximum absolute atomic E-state index is 12.0. The van der Waals surface area contributed by atoms with Crippen LogP contribution in [0.5, 0.6) is 0 Å². The Morgan fingerprint density at radius 2 is 2.18 bits per heavy atom. The Morgan fingerprint density at radius 1 is 1.53 bits per heavy atom. The fourth-order valence-corrected chi connectivity index (χ4v) is 1.86. The van der Waals surface area contributed by atoms with Crippen molar-refractivity contribution in [1.82, 2.24) is 9.88 Å². The molecule has 0 aliphatic rings. The zero-order valence-corrected chi connectivity index (χ0v) is 11.4. The van der Waals surface area contributed by atoms with Gasteiger partial charge in [0.2, 0.25) is 0 Å². The van der Waals surface area contributed by atoms with Crippen LogP contribution in [0.2, 0.25) is 0 Å². The van der Waals surface area contributed by atoms with Gasteiger partial charge in [0.1, 0.15) is 0 Å². The summed E-state index contributed by atoms with van der Waals surface area (Å²) in [7, 11) is 1.67.